The zero-order chi connectivity index (χ0) is 13.7. The smallest absolute Gasteiger partial charge is 0.340 e. The van der Waals surface area contributed by atoms with Crippen LogP contribution in [0.2, 0.25) is 0 Å². The molecule has 2 aromatic rings. The van der Waals surface area contributed by atoms with Crippen molar-refractivity contribution >= 4 is 17.3 Å². The van der Waals surface area contributed by atoms with E-state index in [-0.39, 0.29) is 0 Å². The zero-order valence-corrected chi connectivity index (χ0v) is 10.4. The molecule has 0 amide bonds. The predicted octanol–water partition coefficient (Wildman–Crippen LogP) is 1.44. The van der Waals surface area contributed by atoms with E-state index in [1.54, 1.807) is 25.1 Å². The van der Waals surface area contributed by atoms with Crippen LogP contribution in [0.15, 0.2) is 29.1 Å². The van der Waals surface area contributed by atoms with Crippen molar-refractivity contribution in [2.24, 2.45) is 0 Å². The molecule has 0 spiro atoms. The molecule has 1 aromatic heterocycles. The Morgan fingerprint density at radius 3 is 3.05 bits per heavy atom. The first-order valence-electron chi connectivity index (χ1n) is 5.77. The van der Waals surface area contributed by atoms with Gasteiger partial charge in [0.15, 0.2) is 5.82 Å². The average Bonchev–Trinajstić information content (AvgIpc) is 2.91. The second kappa shape index (κ2) is 5.85. The van der Waals surface area contributed by atoms with Crippen molar-refractivity contribution in [2.75, 3.05) is 17.7 Å². The fourth-order valence-electron chi connectivity index (χ4n) is 1.55. The van der Waals surface area contributed by atoms with E-state index in [9.17, 15) is 4.79 Å². The highest BCUT2D eigenvalue weighted by atomic mass is 16.5. The summed E-state index contributed by atoms with van der Waals surface area (Å²) >= 11 is 0. The van der Waals surface area contributed by atoms with E-state index in [1.165, 1.54) is 6.39 Å². The number of carbonyl (C=O) groups is 1. The minimum Gasteiger partial charge on any atom is -0.462 e. The van der Waals surface area contributed by atoms with E-state index in [0.29, 0.717) is 35.9 Å². The molecule has 7 heteroatoms. The summed E-state index contributed by atoms with van der Waals surface area (Å²) in [5, 5.41) is 6.70. The molecule has 1 heterocycles. The molecule has 0 saturated heterocycles. The Morgan fingerprint density at radius 1 is 1.53 bits per heavy atom. The van der Waals surface area contributed by atoms with Gasteiger partial charge in [-0.05, 0) is 19.1 Å². The molecule has 0 saturated carbocycles. The fraction of sp³-hybridized carbons (Fsp3) is 0.250. The van der Waals surface area contributed by atoms with Crippen molar-refractivity contribution in [1.82, 2.24) is 10.1 Å². The van der Waals surface area contributed by atoms with Gasteiger partial charge < -0.3 is 20.3 Å². The molecular formula is C12H14N4O3. The largest absolute Gasteiger partial charge is 0.462 e. The number of rotatable bonds is 5. The first-order chi connectivity index (χ1) is 9.22. The maximum Gasteiger partial charge on any atom is 0.340 e. The summed E-state index contributed by atoms with van der Waals surface area (Å²) in [4.78, 5) is 15.6. The number of nitrogens with two attached hydrogens (primary N) is 1. The average molecular weight is 262 g/mol. The number of esters is 1. The van der Waals surface area contributed by atoms with Gasteiger partial charge in [-0.25, -0.2) is 4.79 Å². The lowest BCUT2D eigenvalue weighted by Gasteiger charge is -2.11. The highest BCUT2D eigenvalue weighted by Crippen LogP contribution is 2.23. The summed E-state index contributed by atoms with van der Waals surface area (Å²) in [5.74, 6) is 0.0594. The first kappa shape index (κ1) is 12.9. The third-order valence-corrected chi connectivity index (χ3v) is 2.45. The number of para-hydroxylation sites is 1. The minimum absolute atomic E-state index is 0.304. The Morgan fingerprint density at radius 2 is 2.37 bits per heavy atom. The topological polar surface area (TPSA) is 103 Å². The van der Waals surface area contributed by atoms with Gasteiger partial charge in [-0.3, -0.25) is 0 Å². The van der Waals surface area contributed by atoms with Crippen LogP contribution in [-0.4, -0.2) is 22.7 Å². The quantitative estimate of drug-likeness (QED) is 0.620. The second-order valence-electron chi connectivity index (χ2n) is 3.69. The molecule has 0 atom stereocenters. The molecule has 0 aliphatic heterocycles. The lowest BCUT2D eigenvalue weighted by molar-refractivity contribution is 0.0527. The summed E-state index contributed by atoms with van der Waals surface area (Å²) in [6.07, 6.45) is 1.25. The molecule has 0 bridgehead atoms. The maximum atomic E-state index is 11.7. The number of nitrogens with one attached hydrogen (secondary N) is 1. The Labute approximate surface area is 109 Å². The maximum absolute atomic E-state index is 11.7. The number of carbonyl (C=O) groups excluding carboxylic acids is 1. The Bertz CT molecular complexity index is 554. The van der Waals surface area contributed by atoms with Gasteiger partial charge in [0, 0.05) is 0 Å². The molecule has 2 rings (SSSR count). The molecule has 3 N–H and O–H groups in total. The summed E-state index contributed by atoms with van der Waals surface area (Å²) < 4.78 is 9.55. The second-order valence-corrected chi connectivity index (χ2v) is 3.69. The standard InChI is InChI=1S/C12H14N4O3/c1-2-18-12(17)8-4-3-5-9(11(8)13)14-6-10-15-7-19-16-10/h3-5,7,14H,2,6,13H2,1H3. The highest BCUT2D eigenvalue weighted by molar-refractivity contribution is 5.98. The van der Waals surface area contributed by atoms with E-state index >= 15 is 0 Å². The van der Waals surface area contributed by atoms with Gasteiger partial charge in [-0.2, -0.15) is 4.98 Å². The van der Waals surface area contributed by atoms with Gasteiger partial charge in [0.05, 0.1) is 30.1 Å². The van der Waals surface area contributed by atoms with Gasteiger partial charge in [-0.1, -0.05) is 11.2 Å². The van der Waals surface area contributed by atoms with Crippen LogP contribution in [0.1, 0.15) is 23.1 Å². The van der Waals surface area contributed by atoms with Crippen LogP contribution < -0.4 is 11.1 Å². The summed E-state index contributed by atoms with van der Waals surface area (Å²) in [5.41, 5.74) is 7.22. The van der Waals surface area contributed by atoms with E-state index in [2.05, 4.69) is 20.0 Å². The van der Waals surface area contributed by atoms with Crippen LogP contribution in [0.3, 0.4) is 0 Å². The number of aromatic nitrogens is 2. The van der Waals surface area contributed by atoms with Gasteiger partial charge in [0.1, 0.15) is 0 Å². The van der Waals surface area contributed by atoms with E-state index in [0.717, 1.165) is 0 Å². The lowest BCUT2D eigenvalue weighted by atomic mass is 10.1. The summed E-state index contributed by atoms with van der Waals surface area (Å²) in [6.45, 7) is 2.40. The van der Waals surface area contributed by atoms with Gasteiger partial charge in [-0.15, -0.1) is 0 Å². The predicted molar refractivity (Wildman–Crippen MR) is 68.4 cm³/mol. The van der Waals surface area contributed by atoms with Crippen LogP contribution >= 0.6 is 0 Å². The molecule has 0 radical (unpaired) electrons. The molecular weight excluding hydrogens is 248 g/mol. The minimum atomic E-state index is -0.441. The van der Waals surface area contributed by atoms with Crippen molar-refractivity contribution in [3.05, 3.63) is 36.0 Å². The molecule has 0 aliphatic rings. The van der Waals surface area contributed by atoms with Crippen molar-refractivity contribution in [3.8, 4) is 0 Å². The van der Waals surface area contributed by atoms with Crippen LogP contribution in [0.25, 0.3) is 0 Å². The van der Waals surface area contributed by atoms with Crippen LogP contribution in [-0.2, 0) is 11.3 Å². The Hall–Kier alpha value is -2.57. The van der Waals surface area contributed by atoms with Crippen LogP contribution in [0.4, 0.5) is 11.4 Å². The van der Waals surface area contributed by atoms with Crippen molar-refractivity contribution in [1.29, 1.82) is 0 Å². The molecule has 19 heavy (non-hydrogen) atoms. The van der Waals surface area contributed by atoms with Crippen LogP contribution in [0.5, 0.6) is 0 Å². The number of nitrogens with zero attached hydrogens (tertiary/aromatic N) is 2. The monoisotopic (exact) mass is 262 g/mol. The zero-order valence-electron chi connectivity index (χ0n) is 10.4. The van der Waals surface area contributed by atoms with E-state index in [1.807, 2.05) is 0 Å². The number of ether oxygens (including phenoxy) is 1. The van der Waals surface area contributed by atoms with Gasteiger partial charge in [0.2, 0.25) is 6.39 Å². The summed E-state index contributed by atoms with van der Waals surface area (Å²) in [6, 6.07) is 5.10. The third-order valence-electron chi connectivity index (χ3n) is 2.45. The molecule has 7 nitrogen and oxygen atoms in total. The highest BCUT2D eigenvalue weighted by Gasteiger charge is 2.13. The number of hydrogen-bond acceptors (Lipinski definition) is 7. The van der Waals surface area contributed by atoms with E-state index < -0.39 is 5.97 Å². The van der Waals surface area contributed by atoms with Gasteiger partial charge >= 0.3 is 5.97 Å². The van der Waals surface area contributed by atoms with Crippen molar-refractivity contribution < 1.29 is 14.1 Å². The SMILES string of the molecule is CCOC(=O)c1cccc(NCc2ncon2)c1N. The normalized spacial score (nSPS) is 10.2. The molecule has 0 fully saturated rings. The fourth-order valence-corrected chi connectivity index (χ4v) is 1.55. The molecule has 0 unspecified atom stereocenters. The number of benzene rings is 1. The third kappa shape index (κ3) is 3.01. The van der Waals surface area contributed by atoms with Gasteiger partial charge in [0.25, 0.3) is 0 Å². The van der Waals surface area contributed by atoms with E-state index in [4.69, 9.17) is 10.5 Å². The van der Waals surface area contributed by atoms with Crippen LogP contribution in [0, 0.1) is 0 Å². The van der Waals surface area contributed by atoms with Crippen molar-refractivity contribution in [2.45, 2.75) is 13.5 Å². The van der Waals surface area contributed by atoms with Crippen molar-refractivity contribution in [3.63, 3.8) is 0 Å². The Kier molecular flexibility index (Phi) is 3.97. The molecule has 1 aromatic carbocycles. The first-order valence-corrected chi connectivity index (χ1v) is 5.77. The summed E-state index contributed by atoms with van der Waals surface area (Å²) in [7, 11) is 0. The Balaban J connectivity index is 2.13. The number of hydrogen-bond donors (Lipinski definition) is 2. The molecule has 100 valence electrons. The number of anilines is 2. The lowest BCUT2D eigenvalue weighted by Crippen LogP contribution is -2.11. The number of nitrogen functional groups attached to an aromatic ring is 1. The molecule has 0 aliphatic carbocycles.